The number of aryl methyl sites for hydroxylation is 1. The van der Waals surface area contributed by atoms with E-state index in [-0.39, 0.29) is 0 Å². The van der Waals surface area contributed by atoms with Crippen molar-refractivity contribution in [3.05, 3.63) is 54.1 Å². The van der Waals surface area contributed by atoms with E-state index < -0.39 is 6.10 Å². The fourth-order valence-corrected chi connectivity index (χ4v) is 1.99. The third-order valence-corrected chi connectivity index (χ3v) is 3.13. The van der Waals surface area contributed by atoms with Crippen LogP contribution in [-0.4, -0.2) is 14.7 Å². The molecule has 1 heterocycles. The van der Waals surface area contributed by atoms with Gasteiger partial charge in [-0.1, -0.05) is 37.6 Å². The topological polar surface area (TPSA) is 38.0 Å². The van der Waals surface area contributed by atoms with Crippen LogP contribution in [0.25, 0.3) is 0 Å². The van der Waals surface area contributed by atoms with Crippen molar-refractivity contribution >= 4 is 0 Å². The number of nitrogens with zero attached hydrogens (tertiary/aromatic N) is 2. The Morgan fingerprint density at radius 2 is 2.06 bits per heavy atom. The van der Waals surface area contributed by atoms with E-state index in [1.54, 1.807) is 12.5 Å². The van der Waals surface area contributed by atoms with Gasteiger partial charge in [-0.2, -0.15) is 0 Å². The van der Waals surface area contributed by atoms with Gasteiger partial charge in [-0.25, -0.2) is 4.98 Å². The summed E-state index contributed by atoms with van der Waals surface area (Å²) in [6.45, 7) is 2.75. The van der Waals surface area contributed by atoms with Crippen LogP contribution < -0.4 is 0 Å². The minimum atomic E-state index is -0.473. The normalized spacial score (nSPS) is 12.6. The molecule has 3 heteroatoms. The van der Waals surface area contributed by atoms with E-state index in [1.165, 1.54) is 18.4 Å². The highest BCUT2D eigenvalue weighted by Gasteiger charge is 2.07. The van der Waals surface area contributed by atoms with Crippen LogP contribution >= 0.6 is 0 Å². The largest absolute Gasteiger partial charge is 0.387 e. The molecule has 0 aliphatic rings. The molecule has 1 N–H and O–H groups in total. The number of aliphatic hydroxyl groups excluding tert-OH is 1. The van der Waals surface area contributed by atoms with Gasteiger partial charge < -0.3 is 9.67 Å². The lowest BCUT2D eigenvalue weighted by Gasteiger charge is -2.12. The molecule has 2 aromatic rings. The molecule has 1 atom stereocenters. The van der Waals surface area contributed by atoms with E-state index in [9.17, 15) is 5.11 Å². The quantitative estimate of drug-likeness (QED) is 0.848. The molecule has 0 bridgehead atoms. The molecule has 18 heavy (non-hydrogen) atoms. The first kappa shape index (κ1) is 12.8. The number of aromatic nitrogens is 2. The molecule has 0 aliphatic carbocycles. The Morgan fingerprint density at radius 1 is 1.28 bits per heavy atom. The standard InChI is InChI=1S/C15H20N2O/c1-2-3-4-13-5-7-14(8-6-13)15(18)11-17-10-9-16-12-17/h5-10,12,15,18H,2-4,11H2,1H3. The van der Waals surface area contributed by atoms with E-state index in [2.05, 4.69) is 24.0 Å². The summed E-state index contributed by atoms with van der Waals surface area (Å²) in [4.78, 5) is 3.97. The van der Waals surface area contributed by atoms with Gasteiger partial charge in [0, 0.05) is 12.4 Å². The number of aliphatic hydroxyl groups is 1. The van der Waals surface area contributed by atoms with Gasteiger partial charge in [-0.15, -0.1) is 0 Å². The van der Waals surface area contributed by atoms with Crippen LogP contribution in [0.1, 0.15) is 37.0 Å². The van der Waals surface area contributed by atoms with Crippen molar-refractivity contribution in [2.24, 2.45) is 0 Å². The predicted molar refractivity (Wildman–Crippen MR) is 72.2 cm³/mol. The summed E-state index contributed by atoms with van der Waals surface area (Å²) in [6, 6.07) is 8.27. The molecule has 0 spiro atoms. The zero-order chi connectivity index (χ0) is 12.8. The van der Waals surface area contributed by atoms with Crippen molar-refractivity contribution in [3.8, 4) is 0 Å². The number of hydrogen-bond donors (Lipinski definition) is 1. The Labute approximate surface area is 108 Å². The predicted octanol–water partition coefficient (Wildman–Crippen LogP) is 2.96. The maximum absolute atomic E-state index is 10.1. The molecule has 0 saturated carbocycles. The molecule has 0 amide bonds. The SMILES string of the molecule is CCCCc1ccc(C(O)Cn2ccnc2)cc1. The number of imidazole rings is 1. The molecule has 0 saturated heterocycles. The molecule has 1 unspecified atom stereocenters. The van der Waals surface area contributed by atoms with Gasteiger partial charge in [-0.3, -0.25) is 0 Å². The van der Waals surface area contributed by atoms with E-state index >= 15 is 0 Å². The summed E-state index contributed by atoms with van der Waals surface area (Å²) in [6.07, 6.45) is 8.38. The average Bonchev–Trinajstić information content (AvgIpc) is 2.89. The van der Waals surface area contributed by atoms with Gasteiger partial charge in [0.2, 0.25) is 0 Å². The molecular formula is C15H20N2O. The van der Waals surface area contributed by atoms with Crippen molar-refractivity contribution < 1.29 is 5.11 Å². The first-order valence-corrected chi connectivity index (χ1v) is 6.52. The highest BCUT2D eigenvalue weighted by Crippen LogP contribution is 2.16. The van der Waals surface area contributed by atoms with Crippen molar-refractivity contribution in [1.29, 1.82) is 0 Å². The van der Waals surface area contributed by atoms with Crippen LogP contribution in [0.4, 0.5) is 0 Å². The van der Waals surface area contributed by atoms with Crippen molar-refractivity contribution in [3.63, 3.8) is 0 Å². The van der Waals surface area contributed by atoms with Crippen LogP contribution in [0, 0.1) is 0 Å². The van der Waals surface area contributed by atoms with E-state index in [4.69, 9.17) is 0 Å². The number of hydrogen-bond acceptors (Lipinski definition) is 2. The third-order valence-electron chi connectivity index (χ3n) is 3.13. The van der Waals surface area contributed by atoms with Gasteiger partial charge in [0.1, 0.15) is 0 Å². The van der Waals surface area contributed by atoms with Crippen LogP contribution in [0.5, 0.6) is 0 Å². The maximum atomic E-state index is 10.1. The number of unbranched alkanes of at least 4 members (excludes halogenated alkanes) is 1. The van der Waals surface area contributed by atoms with E-state index in [0.29, 0.717) is 6.54 Å². The molecule has 3 nitrogen and oxygen atoms in total. The molecule has 2 rings (SSSR count). The van der Waals surface area contributed by atoms with Crippen molar-refractivity contribution in [2.45, 2.75) is 38.8 Å². The number of benzene rings is 1. The lowest BCUT2D eigenvalue weighted by Crippen LogP contribution is -2.07. The fourth-order valence-electron chi connectivity index (χ4n) is 1.99. The average molecular weight is 244 g/mol. The second-order valence-electron chi connectivity index (χ2n) is 4.62. The van der Waals surface area contributed by atoms with Gasteiger partial charge in [0.25, 0.3) is 0 Å². The van der Waals surface area contributed by atoms with E-state index in [0.717, 1.165) is 12.0 Å². The Kier molecular flexibility index (Phi) is 4.53. The third kappa shape index (κ3) is 3.44. The summed E-state index contributed by atoms with van der Waals surface area (Å²) in [7, 11) is 0. The monoisotopic (exact) mass is 244 g/mol. The molecule has 0 radical (unpaired) electrons. The molecular weight excluding hydrogens is 224 g/mol. The van der Waals surface area contributed by atoms with Crippen LogP contribution in [0.15, 0.2) is 43.0 Å². The second-order valence-corrected chi connectivity index (χ2v) is 4.62. The van der Waals surface area contributed by atoms with Crippen LogP contribution in [-0.2, 0) is 13.0 Å². The highest BCUT2D eigenvalue weighted by atomic mass is 16.3. The summed E-state index contributed by atoms with van der Waals surface area (Å²) in [5.41, 5.74) is 2.30. The molecule has 1 aromatic carbocycles. The van der Waals surface area contributed by atoms with Gasteiger partial charge in [0.05, 0.1) is 19.0 Å². The van der Waals surface area contributed by atoms with Crippen molar-refractivity contribution in [2.75, 3.05) is 0 Å². The van der Waals surface area contributed by atoms with Gasteiger partial charge in [-0.05, 0) is 24.0 Å². The Morgan fingerprint density at radius 3 is 2.67 bits per heavy atom. The Balaban J connectivity index is 1.96. The summed E-state index contributed by atoms with van der Waals surface area (Å²) in [5, 5.41) is 10.1. The Bertz CT molecular complexity index is 448. The van der Waals surface area contributed by atoms with Crippen molar-refractivity contribution in [1.82, 2.24) is 9.55 Å². The highest BCUT2D eigenvalue weighted by molar-refractivity contribution is 5.24. The molecule has 0 fully saturated rings. The second kappa shape index (κ2) is 6.36. The van der Waals surface area contributed by atoms with Gasteiger partial charge in [0.15, 0.2) is 0 Å². The first-order chi connectivity index (χ1) is 8.79. The zero-order valence-electron chi connectivity index (χ0n) is 10.8. The Hall–Kier alpha value is -1.61. The summed E-state index contributed by atoms with van der Waals surface area (Å²) in [5.74, 6) is 0. The summed E-state index contributed by atoms with van der Waals surface area (Å²) >= 11 is 0. The molecule has 96 valence electrons. The number of rotatable bonds is 6. The molecule has 1 aromatic heterocycles. The molecule has 0 aliphatic heterocycles. The lowest BCUT2D eigenvalue weighted by atomic mass is 10.0. The summed E-state index contributed by atoms with van der Waals surface area (Å²) < 4.78 is 1.88. The van der Waals surface area contributed by atoms with Crippen LogP contribution in [0.3, 0.4) is 0 Å². The first-order valence-electron chi connectivity index (χ1n) is 6.52. The van der Waals surface area contributed by atoms with Crippen LogP contribution in [0.2, 0.25) is 0 Å². The van der Waals surface area contributed by atoms with E-state index in [1.807, 2.05) is 22.9 Å². The lowest BCUT2D eigenvalue weighted by molar-refractivity contribution is 0.156. The minimum absolute atomic E-state index is 0.473. The smallest absolute Gasteiger partial charge is 0.0969 e. The maximum Gasteiger partial charge on any atom is 0.0969 e. The van der Waals surface area contributed by atoms with Gasteiger partial charge >= 0.3 is 0 Å². The minimum Gasteiger partial charge on any atom is -0.387 e. The fraction of sp³-hybridized carbons (Fsp3) is 0.400. The zero-order valence-corrected chi connectivity index (χ0v) is 10.8.